The number of hydrogen-bond donors (Lipinski definition) is 1. The Morgan fingerprint density at radius 1 is 1.00 bits per heavy atom. The van der Waals surface area contributed by atoms with Crippen LogP contribution in [0.5, 0.6) is 0 Å². The van der Waals surface area contributed by atoms with Gasteiger partial charge in [0.15, 0.2) is 0 Å². The molecule has 106 valence electrons. The van der Waals surface area contributed by atoms with Crippen molar-refractivity contribution in [2.24, 2.45) is 0 Å². The topological polar surface area (TPSA) is 12.0 Å². The van der Waals surface area contributed by atoms with Gasteiger partial charge in [0, 0.05) is 11.1 Å². The zero-order valence-corrected chi connectivity index (χ0v) is 13.4. The van der Waals surface area contributed by atoms with Crippen LogP contribution in [-0.4, -0.2) is 7.05 Å². The number of halogens is 1. The molecule has 0 bridgehead atoms. The highest BCUT2D eigenvalue weighted by Gasteiger charge is 2.14. The minimum absolute atomic E-state index is 0.285. The first kappa shape index (κ1) is 15.1. The summed E-state index contributed by atoms with van der Waals surface area (Å²) in [6.45, 7) is 6.39. The van der Waals surface area contributed by atoms with Crippen LogP contribution in [0.25, 0.3) is 0 Å². The first-order valence-corrected chi connectivity index (χ1v) is 7.39. The Morgan fingerprint density at radius 2 is 1.65 bits per heavy atom. The molecule has 2 heteroatoms. The zero-order chi connectivity index (χ0) is 14.7. The molecule has 1 unspecified atom stereocenters. The second-order valence-corrected chi connectivity index (χ2v) is 5.83. The van der Waals surface area contributed by atoms with E-state index in [2.05, 4.69) is 55.6 Å². The van der Waals surface area contributed by atoms with Gasteiger partial charge in [-0.2, -0.15) is 0 Å². The highest BCUT2D eigenvalue weighted by molar-refractivity contribution is 6.31. The van der Waals surface area contributed by atoms with Crippen LogP contribution in [0.15, 0.2) is 36.4 Å². The third kappa shape index (κ3) is 3.23. The van der Waals surface area contributed by atoms with E-state index in [1.54, 1.807) is 0 Å². The summed E-state index contributed by atoms with van der Waals surface area (Å²) in [6.07, 6.45) is 0.981. The Kier molecular flexibility index (Phi) is 4.85. The average Bonchev–Trinajstić information content (AvgIpc) is 2.42. The van der Waals surface area contributed by atoms with Gasteiger partial charge in [0.2, 0.25) is 0 Å². The lowest BCUT2D eigenvalue weighted by Gasteiger charge is -2.20. The molecule has 0 spiro atoms. The van der Waals surface area contributed by atoms with E-state index < -0.39 is 0 Å². The highest BCUT2D eigenvalue weighted by Crippen LogP contribution is 2.26. The summed E-state index contributed by atoms with van der Waals surface area (Å²) in [5.41, 5.74) is 6.48. The van der Waals surface area contributed by atoms with E-state index in [0.29, 0.717) is 0 Å². The van der Waals surface area contributed by atoms with Crippen LogP contribution >= 0.6 is 11.6 Å². The van der Waals surface area contributed by atoms with Gasteiger partial charge in [-0.05, 0) is 68.1 Å². The van der Waals surface area contributed by atoms with Crippen molar-refractivity contribution in [3.63, 3.8) is 0 Å². The molecule has 0 aliphatic heterocycles. The Bertz CT molecular complexity index is 584. The molecular formula is C18H22ClN. The fraction of sp³-hybridized carbons (Fsp3) is 0.333. The Hall–Kier alpha value is -1.31. The molecule has 20 heavy (non-hydrogen) atoms. The number of rotatable bonds is 4. The van der Waals surface area contributed by atoms with Gasteiger partial charge in [-0.15, -0.1) is 0 Å². The average molecular weight is 288 g/mol. The molecule has 1 atom stereocenters. The lowest BCUT2D eigenvalue weighted by atomic mass is 9.93. The third-order valence-corrected chi connectivity index (χ3v) is 4.41. The highest BCUT2D eigenvalue weighted by atomic mass is 35.5. The SMILES string of the molecule is CNC(Cc1c(C)cccc1C)c1ccc(C)c(Cl)c1. The molecule has 1 N–H and O–H groups in total. The molecule has 0 aliphatic carbocycles. The van der Waals surface area contributed by atoms with E-state index in [1.165, 1.54) is 22.3 Å². The maximum absolute atomic E-state index is 6.25. The summed E-state index contributed by atoms with van der Waals surface area (Å²) < 4.78 is 0. The Morgan fingerprint density at radius 3 is 2.20 bits per heavy atom. The van der Waals surface area contributed by atoms with Gasteiger partial charge in [0.1, 0.15) is 0 Å². The standard InChI is InChI=1S/C18H22ClN/c1-12-6-5-7-13(2)16(12)11-18(20-4)15-9-8-14(3)17(19)10-15/h5-10,18,20H,11H2,1-4H3. The van der Waals surface area contributed by atoms with Crippen LogP contribution in [-0.2, 0) is 6.42 Å². The molecule has 1 nitrogen and oxygen atoms in total. The van der Waals surface area contributed by atoms with Crippen molar-refractivity contribution in [3.8, 4) is 0 Å². The summed E-state index contributed by atoms with van der Waals surface area (Å²) in [5.74, 6) is 0. The van der Waals surface area contributed by atoms with Crippen molar-refractivity contribution in [2.75, 3.05) is 7.05 Å². The largest absolute Gasteiger partial charge is 0.313 e. The molecule has 0 aliphatic rings. The van der Waals surface area contributed by atoms with Crippen molar-refractivity contribution >= 4 is 11.6 Å². The maximum Gasteiger partial charge on any atom is 0.0438 e. The van der Waals surface area contributed by atoms with Crippen molar-refractivity contribution < 1.29 is 0 Å². The normalized spacial score (nSPS) is 12.4. The summed E-state index contributed by atoms with van der Waals surface area (Å²) >= 11 is 6.25. The van der Waals surface area contributed by atoms with Crippen LogP contribution in [0.1, 0.15) is 33.9 Å². The van der Waals surface area contributed by atoms with Crippen LogP contribution in [0.4, 0.5) is 0 Å². The van der Waals surface area contributed by atoms with Gasteiger partial charge in [0.05, 0.1) is 0 Å². The van der Waals surface area contributed by atoms with Gasteiger partial charge in [-0.25, -0.2) is 0 Å². The van der Waals surface area contributed by atoms with Crippen molar-refractivity contribution in [1.29, 1.82) is 0 Å². The van der Waals surface area contributed by atoms with Crippen molar-refractivity contribution in [1.82, 2.24) is 5.32 Å². The third-order valence-electron chi connectivity index (χ3n) is 4.00. The molecule has 0 saturated heterocycles. The van der Waals surface area contributed by atoms with Crippen LogP contribution < -0.4 is 5.32 Å². The second kappa shape index (κ2) is 6.43. The molecule has 0 heterocycles. The zero-order valence-electron chi connectivity index (χ0n) is 12.6. The predicted molar refractivity (Wildman–Crippen MR) is 87.6 cm³/mol. The number of hydrogen-bond acceptors (Lipinski definition) is 1. The summed E-state index contributed by atoms with van der Waals surface area (Å²) in [4.78, 5) is 0. The van der Waals surface area contributed by atoms with Gasteiger partial charge in [-0.1, -0.05) is 41.9 Å². The van der Waals surface area contributed by atoms with Gasteiger partial charge in [0.25, 0.3) is 0 Å². The minimum Gasteiger partial charge on any atom is -0.313 e. The molecule has 0 aromatic heterocycles. The van der Waals surface area contributed by atoms with Gasteiger partial charge < -0.3 is 5.32 Å². The first-order valence-electron chi connectivity index (χ1n) is 7.01. The van der Waals surface area contributed by atoms with Crippen LogP contribution in [0.2, 0.25) is 5.02 Å². The first-order chi connectivity index (χ1) is 9.52. The predicted octanol–water partition coefficient (Wildman–Crippen LogP) is 4.77. The van der Waals surface area contributed by atoms with E-state index in [-0.39, 0.29) is 6.04 Å². The molecule has 2 aromatic rings. The van der Waals surface area contributed by atoms with Crippen LogP contribution in [0, 0.1) is 20.8 Å². The second-order valence-electron chi connectivity index (χ2n) is 5.42. The molecule has 2 rings (SSSR count). The monoisotopic (exact) mass is 287 g/mol. The van der Waals surface area contributed by atoms with E-state index in [9.17, 15) is 0 Å². The number of aryl methyl sites for hydroxylation is 3. The molecule has 0 fully saturated rings. The van der Waals surface area contributed by atoms with E-state index in [0.717, 1.165) is 17.0 Å². The van der Waals surface area contributed by atoms with E-state index >= 15 is 0 Å². The molecule has 0 amide bonds. The summed E-state index contributed by atoms with van der Waals surface area (Å²) in [7, 11) is 2.01. The fourth-order valence-electron chi connectivity index (χ4n) is 2.59. The number of benzene rings is 2. The Labute approximate surface area is 127 Å². The van der Waals surface area contributed by atoms with E-state index in [4.69, 9.17) is 11.6 Å². The fourth-order valence-corrected chi connectivity index (χ4v) is 2.78. The maximum atomic E-state index is 6.25. The number of nitrogens with one attached hydrogen (secondary N) is 1. The van der Waals surface area contributed by atoms with Crippen LogP contribution in [0.3, 0.4) is 0 Å². The van der Waals surface area contributed by atoms with E-state index in [1.807, 2.05) is 14.0 Å². The van der Waals surface area contributed by atoms with Gasteiger partial charge in [-0.3, -0.25) is 0 Å². The quantitative estimate of drug-likeness (QED) is 0.854. The lowest BCUT2D eigenvalue weighted by molar-refractivity contribution is 0.589. The molecule has 0 radical (unpaired) electrons. The van der Waals surface area contributed by atoms with Gasteiger partial charge >= 0.3 is 0 Å². The molecule has 2 aromatic carbocycles. The lowest BCUT2D eigenvalue weighted by Crippen LogP contribution is -2.19. The molecule has 0 saturated carbocycles. The van der Waals surface area contributed by atoms with Crippen molar-refractivity contribution in [3.05, 3.63) is 69.2 Å². The number of likely N-dealkylation sites (N-methyl/N-ethyl adjacent to an activating group) is 1. The summed E-state index contributed by atoms with van der Waals surface area (Å²) in [5, 5.41) is 4.25. The minimum atomic E-state index is 0.285. The van der Waals surface area contributed by atoms with Crippen molar-refractivity contribution in [2.45, 2.75) is 33.2 Å². The smallest absolute Gasteiger partial charge is 0.0438 e. The molecular weight excluding hydrogens is 266 g/mol. The Balaban J connectivity index is 2.31. The summed E-state index contributed by atoms with van der Waals surface area (Å²) in [6, 6.07) is 13.1.